The smallest absolute Gasteiger partial charge is 0.259 e. The van der Waals surface area contributed by atoms with E-state index in [0.717, 1.165) is 39.0 Å². The molecule has 9 heteroatoms. The maximum atomic E-state index is 16.3. The molecule has 3 aliphatic carbocycles. The molecule has 3 saturated carbocycles. The molecule has 8 nitrogen and oxygen atoms in total. The van der Waals surface area contributed by atoms with Gasteiger partial charge in [0, 0.05) is 38.3 Å². The van der Waals surface area contributed by atoms with Crippen LogP contribution in [0.3, 0.4) is 0 Å². The highest BCUT2D eigenvalue weighted by Crippen LogP contribution is 2.50. The number of hydrogen-bond donors (Lipinski definition) is 0. The lowest BCUT2D eigenvalue weighted by molar-refractivity contribution is -0.219. The Bertz CT molecular complexity index is 969. The first-order valence-electron chi connectivity index (χ1n) is 16.0. The van der Waals surface area contributed by atoms with Gasteiger partial charge in [0.25, 0.3) is 5.91 Å². The van der Waals surface area contributed by atoms with Crippen molar-refractivity contribution in [3.05, 3.63) is 11.8 Å². The molecule has 6 aliphatic rings. The average molecular weight is 561 g/mol. The summed E-state index contributed by atoms with van der Waals surface area (Å²) in [6.45, 7) is 9.85. The lowest BCUT2D eigenvalue weighted by Crippen LogP contribution is -2.73. The third-order valence-electron chi connectivity index (χ3n) is 11.2. The van der Waals surface area contributed by atoms with Crippen LogP contribution in [0.1, 0.15) is 58.8 Å². The van der Waals surface area contributed by atoms with Crippen LogP contribution in [0.2, 0.25) is 0 Å². The van der Waals surface area contributed by atoms with E-state index in [1.807, 2.05) is 13.2 Å². The summed E-state index contributed by atoms with van der Waals surface area (Å²) in [7, 11) is 2.02. The molecule has 6 rings (SSSR count). The van der Waals surface area contributed by atoms with Crippen molar-refractivity contribution in [3.8, 4) is 0 Å². The third-order valence-corrected chi connectivity index (χ3v) is 11.2. The Hall–Kier alpha value is -1.55. The van der Waals surface area contributed by atoms with Crippen molar-refractivity contribution >= 4 is 11.7 Å². The van der Waals surface area contributed by atoms with E-state index in [2.05, 4.69) is 28.5 Å². The normalized spacial score (nSPS) is 39.5. The highest BCUT2D eigenvalue weighted by molar-refractivity contribution is 6.20. The number of hydrogen-bond acceptors (Lipinski definition) is 7. The van der Waals surface area contributed by atoms with Crippen molar-refractivity contribution < 1.29 is 23.5 Å². The molecular weight excluding hydrogens is 511 g/mol. The largest absolute Gasteiger partial charge is 0.378 e. The Balaban J connectivity index is 1.33. The predicted octanol–water partition coefficient (Wildman–Crippen LogP) is 2.72. The molecule has 0 aromatic heterocycles. The molecule has 0 aromatic rings. The van der Waals surface area contributed by atoms with Gasteiger partial charge in [-0.3, -0.25) is 14.5 Å². The quantitative estimate of drug-likeness (QED) is 0.444. The zero-order valence-electron chi connectivity index (χ0n) is 24.7. The Morgan fingerprint density at radius 2 is 1.75 bits per heavy atom. The molecule has 224 valence electrons. The van der Waals surface area contributed by atoms with E-state index in [4.69, 9.17) is 9.47 Å². The number of rotatable bonds is 7. The second-order valence-corrected chi connectivity index (χ2v) is 13.1. The van der Waals surface area contributed by atoms with Crippen LogP contribution >= 0.6 is 0 Å². The highest BCUT2D eigenvalue weighted by atomic mass is 19.1. The molecule has 5 fully saturated rings. The highest BCUT2D eigenvalue weighted by Gasteiger charge is 2.60. The van der Waals surface area contributed by atoms with Crippen molar-refractivity contribution in [2.24, 2.45) is 17.8 Å². The minimum absolute atomic E-state index is 0.00872. The Morgan fingerprint density at radius 3 is 2.45 bits per heavy atom. The number of morpholine rings is 2. The van der Waals surface area contributed by atoms with Crippen molar-refractivity contribution in [2.45, 2.75) is 95.3 Å². The molecular formula is C31H49FN4O4. The SMILES string of the molecule is CCN(CC)CCN(C)C1C(F)CC2C(=O)C(C(=O)N3CCOCC3)=CN3C4CC5CCCCC5CC4OC1C23. The van der Waals surface area contributed by atoms with Crippen molar-refractivity contribution in [1.82, 2.24) is 19.6 Å². The number of alkyl halides is 1. The number of ketones is 1. The van der Waals surface area contributed by atoms with Gasteiger partial charge in [-0.15, -0.1) is 0 Å². The third kappa shape index (κ3) is 5.13. The lowest BCUT2D eigenvalue weighted by Gasteiger charge is -2.61. The van der Waals surface area contributed by atoms with Crippen molar-refractivity contribution in [2.75, 3.05) is 59.5 Å². The van der Waals surface area contributed by atoms with E-state index in [-0.39, 0.29) is 41.9 Å². The molecule has 3 aliphatic heterocycles. The van der Waals surface area contributed by atoms with Crippen LogP contribution in [-0.4, -0.2) is 127 Å². The first-order valence-corrected chi connectivity index (χ1v) is 16.0. The van der Waals surface area contributed by atoms with E-state index in [1.54, 1.807) is 4.90 Å². The van der Waals surface area contributed by atoms with Gasteiger partial charge in [-0.25, -0.2) is 4.39 Å². The summed E-state index contributed by atoms with van der Waals surface area (Å²) in [4.78, 5) is 36.2. The van der Waals surface area contributed by atoms with Crippen molar-refractivity contribution in [1.29, 1.82) is 0 Å². The van der Waals surface area contributed by atoms with E-state index in [1.165, 1.54) is 25.7 Å². The van der Waals surface area contributed by atoms with Gasteiger partial charge in [-0.2, -0.15) is 0 Å². The molecule has 2 saturated heterocycles. The summed E-state index contributed by atoms with van der Waals surface area (Å²) < 4.78 is 28.7. The van der Waals surface area contributed by atoms with Crippen molar-refractivity contribution in [3.63, 3.8) is 0 Å². The van der Waals surface area contributed by atoms with Crippen LogP contribution < -0.4 is 0 Å². The van der Waals surface area contributed by atoms with Crippen LogP contribution in [0.25, 0.3) is 0 Å². The fraction of sp³-hybridized carbons (Fsp3) is 0.871. The fourth-order valence-corrected chi connectivity index (χ4v) is 8.87. The molecule has 9 unspecified atom stereocenters. The summed E-state index contributed by atoms with van der Waals surface area (Å²) >= 11 is 0. The Kier molecular flexibility index (Phi) is 8.55. The summed E-state index contributed by atoms with van der Waals surface area (Å²) in [5, 5.41) is 0. The molecule has 0 N–H and O–H groups in total. The van der Waals surface area contributed by atoms with Crippen LogP contribution in [0, 0.1) is 17.8 Å². The number of likely N-dealkylation sites (N-methyl/N-ethyl adjacent to an activating group) is 2. The first kappa shape index (κ1) is 28.6. The minimum atomic E-state index is -1.18. The van der Waals surface area contributed by atoms with E-state index >= 15 is 4.39 Å². The molecule has 0 spiro atoms. The summed E-state index contributed by atoms with van der Waals surface area (Å²) in [6, 6.07) is -0.480. The maximum absolute atomic E-state index is 16.3. The number of ether oxygens (including phenoxy) is 2. The number of carbonyl (C=O) groups excluding carboxylic acids is 2. The van der Waals surface area contributed by atoms with Gasteiger partial charge >= 0.3 is 0 Å². The zero-order valence-corrected chi connectivity index (χ0v) is 24.7. The maximum Gasteiger partial charge on any atom is 0.259 e. The minimum Gasteiger partial charge on any atom is -0.378 e. The van der Waals surface area contributed by atoms with Gasteiger partial charge in [-0.05, 0) is 51.2 Å². The number of halogens is 1. The number of Topliss-reactive ketones (excluding diaryl/α,β-unsaturated/α-hetero) is 1. The molecule has 3 heterocycles. The first-order chi connectivity index (χ1) is 19.4. The topological polar surface area (TPSA) is 65.6 Å². The second kappa shape index (κ2) is 12.0. The van der Waals surface area contributed by atoms with Crippen LogP contribution in [0.4, 0.5) is 4.39 Å². The molecule has 0 bridgehead atoms. The molecule has 9 atom stereocenters. The van der Waals surface area contributed by atoms with Gasteiger partial charge in [0.05, 0.1) is 49.1 Å². The van der Waals surface area contributed by atoms with Gasteiger partial charge in [-0.1, -0.05) is 39.5 Å². The molecule has 40 heavy (non-hydrogen) atoms. The zero-order chi connectivity index (χ0) is 28.0. The van der Waals surface area contributed by atoms with Gasteiger partial charge in [0.15, 0.2) is 5.78 Å². The monoisotopic (exact) mass is 560 g/mol. The number of fused-ring (bicyclic) bond motifs is 3. The summed E-state index contributed by atoms with van der Waals surface area (Å²) in [5.41, 5.74) is 0.244. The van der Waals surface area contributed by atoms with E-state index < -0.39 is 24.2 Å². The van der Waals surface area contributed by atoms with E-state index in [9.17, 15) is 9.59 Å². The van der Waals surface area contributed by atoms with Crippen LogP contribution in [-0.2, 0) is 19.1 Å². The number of carbonyl (C=O) groups is 2. The lowest BCUT2D eigenvalue weighted by atomic mass is 9.64. The molecule has 0 radical (unpaired) electrons. The number of amides is 1. The van der Waals surface area contributed by atoms with Crippen LogP contribution in [0.5, 0.6) is 0 Å². The summed E-state index contributed by atoms with van der Waals surface area (Å²) in [5.74, 6) is 0.371. The van der Waals surface area contributed by atoms with Gasteiger partial charge < -0.3 is 24.2 Å². The number of nitrogens with zero attached hydrogens (tertiary/aromatic N) is 4. The molecule has 0 aromatic carbocycles. The predicted molar refractivity (Wildman–Crippen MR) is 150 cm³/mol. The second-order valence-electron chi connectivity index (χ2n) is 13.1. The van der Waals surface area contributed by atoms with Gasteiger partial charge in [0.1, 0.15) is 6.17 Å². The standard InChI is InChI=1S/C31H49FN4O4/c1-4-34(5-2)11-10-33(3)28-24(32)18-22-27-30(28)40-26-17-21-9-7-6-8-20(21)16-25(26)36(27)19-23(29(22)37)31(38)35-12-14-39-15-13-35/h19-22,24-28,30H,4-18H2,1-3H3. The Labute approximate surface area is 239 Å². The van der Waals surface area contributed by atoms with E-state index in [0.29, 0.717) is 38.1 Å². The van der Waals surface area contributed by atoms with Crippen LogP contribution in [0.15, 0.2) is 11.8 Å². The fourth-order valence-electron chi connectivity index (χ4n) is 8.87. The Morgan fingerprint density at radius 1 is 1.05 bits per heavy atom. The summed E-state index contributed by atoms with van der Waals surface area (Å²) in [6.07, 6.45) is 7.59. The van der Waals surface area contributed by atoms with Gasteiger partial charge in [0.2, 0.25) is 0 Å². The average Bonchev–Trinajstić information content (AvgIpc) is 2.98. The molecule has 1 amide bonds.